The molecule has 0 saturated carbocycles. The van der Waals surface area contributed by atoms with E-state index in [-0.39, 0.29) is 11.5 Å². The van der Waals surface area contributed by atoms with Crippen molar-refractivity contribution in [2.45, 2.75) is 110 Å². The number of nitrogens with one attached hydrogen (secondary N) is 1. The molecule has 0 aromatic heterocycles. The Labute approximate surface area is 191 Å². The largest absolute Gasteiger partial charge is 0.504 e. The maximum absolute atomic E-state index is 9.48. The smallest absolute Gasteiger partial charge is 0.157 e. The van der Waals surface area contributed by atoms with E-state index in [4.69, 9.17) is 0 Å². The van der Waals surface area contributed by atoms with Crippen LogP contribution in [-0.2, 0) is 6.42 Å². The molecule has 0 radical (unpaired) electrons. The molecule has 0 bridgehead atoms. The van der Waals surface area contributed by atoms with Crippen LogP contribution in [0.5, 0.6) is 11.5 Å². The van der Waals surface area contributed by atoms with Crippen molar-refractivity contribution in [3.05, 3.63) is 48.2 Å². The quantitative estimate of drug-likeness (QED) is 0.111. The van der Waals surface area contributed by atoms with E-state index in [1.807, 2.05) is 18.3 Å². The summed E-state index contributed by atoms with van der Waals surface area (Å²) < 4.78 is 0. The van der Waals surface area contributed by atoms with E-state index in [0.29, 0.717) is 0 Å². The molecule has 0 aliphatic carbocycles. The molecule has 1 aromatic rings. The molecule has 31 heavy (non-hydrogen) atoms. The van der Waals surface area contributed by atoms with Gasteiger partial charge >= 0.3 is 0 Å². The summed E-state index contributed by atoms with van der Waals surface area (Å²) in [5.41, 5.74) is 1.00. The van der Waals surface area contributed by atoms with Gasteiger partial charge in [-0.2, -0.15) is 0 Å². The van der Waals surface area contributed by atoms with Gasteiger partial charge in [0.25, 0.3) is 0 Å². The van der Waals surface area contributed by atoms with Crippen LogP contribution in [0.1, 0.15) is 109 Å². The van der Waals surface area contributed by atoms with Gasteiger partial charge in [0.2, 0.25) is 0 Å². The molecule has 176 valence electrons. The molecule has 0 aliphatic heterocycles. The maximum Gasteiger partial charge on any atom is 0.157 e. The zero-order chi connectivity index (χ0) is 22.4. The Morgan fingerprint density at radius 3 is 1.87 bits per heavy atom. The molecule has 0 spiro atoms. The Morgan fingerprint density at radius 2 is 1.29 bits per heavy atom. The summed E-state index contributed by atoms with van der Waals surface area (Å²) in [6.07, 6.45) is 30.0. The second-order valence-electron chi connectivity index (χ2n) is 8.70. The van der Waals surface area contributed by atoms with Gasteiger partial charge in [-0.15, -0.1) is 0 Å². The van der Waals surface area contributed by atoms with Crippen molar-refractivity contribution in [3.63, 3.8) is 0 Å². The van der Waals surface area contributed by atoms with Crippen molar-refractivity contribution in [1.82, 2.24) is 5.32 Å². The summed E-state index contributed by atoms with van der Waals surface area (Å²) >= 11 is 0. The Kier molecular flexibility index (Phi) is 17.5. The lowest BCUT2D eigenvalue weighted by atomic mass is 10.0. The fourth-order valence-electron chi connectivity index (χ4n) is 3.78. The minimum Gasteiger partial charge on any atom is -0.504 e. The molecule has 3 heteroatoms. The van der Waals surface area contributed by atoms with E-state index in [1.165, 1.54) is 96.0 Å². The van der Waals surface area contributed by atoms with Gasteiger partial charge in [-0.05, 0) is 49.2 Å². The molecule has 0 amide bonds. The first-order valence-corrected chi connectivity index (χ1v) is 12.8. The number of benzene rings is 1. The second-order valence-corrected chi connectivity index (χ2v) is 8.70. The van der Waals surface area contributed by atoms with E-state index in [1.54, 1.807) is 6.07 Å². The second kappa shape index (κ2) is 20.0. The first-order valence-electron chi connectivity index (χ1n) is 12.8. The molecule has 1 aromatic carbocycles. The van der Waals surface area contributed by atoms with Crippen LogP contribution in [0.2, 0.25) is 0 Å². The summed E-state index contributed by atoms with van der Waals surface area (Å²) in [4.78, 5) is 0. The van der Waals surface area contributed by atoms with Gasteiger partial charge in [-0.25, -0.2) is 0 Å². The maximum atomic E-state index is 9.48. The van der Waals surface area contributed by atoms with Crippen molar-refractivity contribution in [3.8, 4) is 11.5 Å². The number of rotatable bonds is 20. The van der Waals surface area contributed by atoms with Crippen molar-refractivity contribution in [1.29, 1.82) is 0 Å². The summed E-state index contributed by atoms with van der Waals surface area (Å²) in [6, 6.07) is 4.97. The molecule has 1 rings (SSSR count). The molecule has 0 fully saturated rings. The van der Waals surface area contributed by atoms with Gasteiger partial charge in [0, 0.05) is 6.54 Å². The number of hydrogen-bond acceptors (Lipinski definition) is 3. The minimum absolute atomic E-state index is 0.0560. The third-order valence-electron chi connectivity index (χ3n) is 5.78. The van der Waals surface area contributed by atoms with E-state index in [0.717, 1.165) is 24.9 Å². The van der Waals surface area contributed by atoms with Gasteiger partial charge in [-0.1, -0.05) is 109 Å². The molecule has 0 heterocycles. The topological polar surface area (TPSA) is 52.5 Å². The van der Waals surface area contributed by atoms with Crippen molar-refractivity contribution in [2.24, 2.45) is 0 Å². The van der Waals surface area contributed by atoms with Crippen LogP contribution in [0.3, 0.4) is 0 Å². The molecule has 0 aliphatic rings. The Morgan fingerprint density at radius 1 is 0.710 bits per heavy atom. The van der Waals surface area contributed by atoms with Gasteiger partial charge < -0.3 is 15.5 Å². The molecule has 3 N–H and O–H groups in total. The Hall–Kier alpha value is -1.90. The first-order chi connectivity index (χ1) is 15.2. The van der Waals surface area contributed by atoms with Crippen molar-refractivity contribution >= 4 is 0 Å². The molecule has 0 unspecified atom stereocenters. The van der Waals surface area contributed by atoms with Crippen LogP contribution < -0.4 is 5.32 Å². The molecule has 3 nitrogen and oxygen atoms in total. The lowest BCUT2D eigenvalue weighted by Gasteiger charge is -2.03. The molecule has 0 saturated heterocycles. The lowest BCUT2D eigenvalue weighted by molar-refractivity contribution is 0.403. The predicted molar refractivity (Wildman–Crippen MR) is 135 cm³/mol. The highest BCUT2D eigenvalue weighted by Crippen LogP contribution is 2.24. The third-order valence-corrected chi connectivity index (χ3v) is 5.78. The fraction of sp³-hybridized carbons (Fsp3) is 0.643. The van der Waals surface area contributed by atoms with Crippen molar-refractivity contribution < 1.29 is 10.2 Å². The summed E-state index contributed by atoms with van der Waals surface area (Å²) in [6.45, 7) is 3.08. The molecule has 0 atom stereocenters. The summed E-state index contributed by atoms with van der Waals surface area (Å²) in [7, 11) is 0. The Bertz CT molecular complexity index is 595. The van der Waals surface area contributed by atoms with E-state index in [9.17, 15) is 10.2 Å². The summed E-state index contributed by atoms with van der Waals surface area (Å²) in [5, 5.41) is 22.0. The zero-order valence-corrected chi connectivity index (χ0v) is 20.0. The van der Waals surface area contributed by atoms with Crippen LogP contribution in [0.25, 0.3) is 0 Å². The standard InChI is InChI=1S/C28H47NO2/c1-2-3-4-5-6-7-8-9-10-11-12-13-14-15-16-17-18-19-23-29-24-22-26-20-21-27(30)28(31)25-26/h17-21,23,25,29-31H,2-16,22,24H2,1H3. The van der Waals surface area contributed by atoms with Gasteiger partial charge in [0.15, 0.2) is 11.5 Å². The predicted octanol–water partition coefficient (Wildman–Crippen LogP) is 8.17. The average molecular weight is 430 g/mol. The number of phenolic OH excluding ortho intramolecular Hbond substituents is 2. The highest BCUT2D eigenvalue weighted by molar-refractivity contribution is 5.40. The van der Waals surface area contributed by atoms with Gasteiger partial charge in [-0.3, -0.25) is 0 Å². The average Bonchev–Trinajstić information content (AvgIpc) is 2.77. The van der Waals surface area contributed by atoms with Crippen LogP contribution in [-0.4, -0.2) is 16.8 Å². The van der Waals surface area contributed by atoms with Crippen LogP contribution in [0, 0.1) is 0 Å². The van der Waals surface area contributed by atoms with Gasteiger partial charge in [0.1, 0.15) is 0 Å². The van der Waals surface area contributed by atoms with E-state index >= 15 is 0 Å². The van der Waals surface area contributed by atoms with Crippen LogP contribution >= 0.6 is 0 Å². The third kappa shape index (κ3) is 16.5. The van der Waals surface area contributed by atoms with Crippen molar-refractivity contribution in [2.75, 3.05) is 6.54 Å². The van der Waals surface area contributed by atoms with Crippen LogP contribution in [0.4, 0.5) is 0 Å². The van der Waals surface area contributed by atoms with Crippen LogP contribution in [0.15, 0.2) is 42.6 Å². The number of allylic oxidation sites excluding steroid dienone is 3. The number of hydrogen-bond donors (Lipinski definition) is 3. The molecular weight excluding hydrogens is 382 g/mol. The van der Waals surface area contributed by atoms with E-state index < -0.39 is 0 Å². The normalized spacial score (nSPS) is 11.6. The summed E-state index contributed by atoms with van der Waals surface area (Å²) in [5.74, 6) is -0.125. The number of phenols is 2. The van der Waals surface area contributed by atoms with E-state index in [2.05, 4.69) is 24.4 Å². The van der Waals surface area contributed by atoms with Gasteiger partial charge in [0.05, 0.1) is 0 Å². The molecular formula is C28H47NO2. The highest BCUT2D eigenvalue weighted by Gasteiger charge is 1.99. The lowest BCUT2D eigenvalue weighted by Crippen LogP contribution is -2.09. The fourth-order valence-corrected chi connectivity index (χ4v) is 3.78. The zero-order valence-electron chi connectivity index (χ0n) is 20.0. The minimum atomic E-state index is -0.0689. The number of unbranched alkanes of at least 4 members (excludes halogenated alkanes) is 14. The first kappa shape index (κ1) is 27.1. The Balaban J connectivity index is 1.82. The monoisotopic (exact) mass is 429 g/mol. The number of aromatic hydroxyl groups is 2. The highest BCUT2D eigenvalue weighted by atomic mass is 16.3. The SMILES string of the molecule is CCCCCCCCCCCCCCCCC=CC=CNCCc1ccc(O)c(O)c1.